The first kappa shape index (κ1) is 17.5. The van der Waals surface area contributed by atoms with Gasteiger partial charge in [0.15, 0.2) is 0 Å². The molecule has 2 aliphatic carbocycles. The third-order valence-corrected chi connectivity index (χ3v) is 5.27. The summed E-state index contributed by atoms with van der Waals surface area (Å²) in [6.07, 6.45) is 8.75. The van der Waals surface area contributed by atoms with Crippen molar-refractivity contribution < 1.29 is 9.59 Å². The standard InChI is InChI=1S/C16H27N3O2.ClH/c17-16(8-2-1-3-9-16)15(21)18-13-6-10-19(11-7-13)14(20)12-4-5-12;/h12-13H,1-11,17H2,(H,18,21);1H. The van der Waals surface area contributed by atoms with Crippen LogP contribution >= 0.6 is 12.4 Å². The summed E-state index contributed by atoms with van der Waals surface area (Å²) in [7, 11) is 0. The minimum atomic E-state index is -0.654. The Kier molecular flexibility index (Phi) is 5.72. The van der Waals surface area contributed by atoms with Crippen LogP contribution in [0.2, 0.25) is 0 Å². The van der Waals surface area contributed by atoms with Crippen molar-refractivity contribution in [2.24, 2.45) is 11.7 Å². The van der Waals surface area contributed by atoms with Gasteiger partial charge in [-0.15, -0.1) is 12.4 Å². The molecule has 0 aromatic heterocycles. The minimum absolute atomic E-state index is 0. The van der Waals surface area contributed by atoms with Crippen LogP contribution in [0, 0.1) is 5.92 Å². The molecule has 0 spiro atoms. The number of nitrogens with zero attached hydrogens (tertiary/aromatic N) is 1. The van der Waals surface area contributed by atoms with Crippen molar-refractivity contribution in [3.05, 3.63) is 0 Å². The zero-order chi connectivity index (χ0) is 14.9. The van der Waals surface area contributed by atoms with Gasteiger partial charge in [0, 0.05) is 25.0 Å². The Morgan fingerprint density at radius 3 is 2.14 bits per heavy atom. The van der Waals surface area contributed by atoms with Gasteiger partial charge >= 0.3 is 0 Å². The fourth-order valence-corrected chi connectivity index (χ4v) is 3.57. The van der Waals surface area contributed by atoms with Crippen LogP contribution in [-0.2, 0) is 9.59 Å². The highest BCUT2D eigenvalue weighted by Crippen LogP contribution is 2.32. The van der Waals surface area contributed by atoms with E-state index < -0.39 is 5.54 Å². The van der Waals surface area contributed by atoms with E-state index in [2.05, 4.69) is 5.32 Å². The topological polar surface area (TPSA) is 75.4 Å². The molecule has 0 unspecified atom stereocenters. The minimum Gasteiger partial charge on any atom is -0.352 e. The lowest BCUT2D eigenvalue weighted by Gasteiger charge is -2.36. The third-order valence-electron chi connectivity index (χ3n) is 5.27. The van der Waals surface area contributed by atoms with E-state index in [0.717, 1.165) is 64.5 Å². The summed E-state index contributed by atoms with van der Waals surface area (Å²) in [5.74, 6) is 0.641. The first-order valence-electron chi connectivity index (χ1n) is 8.47. The van der Waals surface area contributed by atoms with Crippen LogP contribution in [0.5, 0.6) is 0 Å². The smallest absolute Gasteiger partial charge is 0.240 e. The van der Waals surface area contributed by atoms with Crippen LogP contribution in [0.15, 0.2) is 0 Å². The quantitative estimate of drug-likeness (QED) is 0.825. The number of hydrogen-bond acceptors (Lipinski definition) is 3. The zero-order valence-corrected chi connectivity index (χ0v) is 14.0. The number of carbonyl (C=O) groups excluding carboxylic acids is 2. The molecular formula is C16H28ClN3O2. The number of carbonyl (C=O) groups is 2. The molecule has 3 N–H and O–H groups in total. The van der Waals surface area contributed by atoms with Crippen LogP contribution in [0.4, 0.5) is 0 Å². The second kappa shape index (κ2) is 7.18. The van der Waals surface area contributed by atoms with Crippen molar-refractivity contribution in [2.75, 3.05) is 13.1 Å². The van der Waals surface area contributed by atoms with Gasteiger partial charge in [0.1, 0.15) is 0 Å². The number of nitrogens with two attached hydrogens (primary N) is 1. The van der Waals surface area contributed by atoms with Gasteiger partial charge in [0.05, 0.1) is 5.54 Å². The van der Waals surface area contributed by atoms with Crippen molar-refractivity contribution >= 4 is 24.2 Å². The average molecular weight is 330 g/mol. The summed E-state index contributed by atoms with van der Waals surface area (Å²) in [5, 5.41) is 3.13. The van der Waals surface area contributed by atoms with Crippen molar-refractivity contribution in [2.45, 2.75) is 69.4 Å². The number of rotatable bonds is 3. The molecule has 1 heterocycles. The number of piperidine rings is 1. The summed E-state index contributed by atoms with van der Waals surface area (Å²) in [6.45, 7) is 1.55. The molecule has 0 atom stereocenters. The van der Waals surface area contributed by atoms with Crippen molar-refractivity contribution in [1.82, 2.24) is 10.2 Å². The van der Waals surface area contributed by atoms with Gasteiger partial charge in [-0.25, -0.2) is 0 Å². The second-order valence-corrected chi connectivity index (χ2v) is 7.06. The van der Waals surface area contributed by atoms with E-state index in [-0.39, 0.29) is 24.4 Å². The summed E-state index contributed by atoms with van der Waals surface area (Å²) < 4.78 is 0. The Hall–Kier alpha value is -0.810. The van der Waals surface area contributed by atoms with E-state index in [1.807, 2.05) is 4.90 Å². The molecule has 1 saturated heterocycles. The monoisotopic (exact) mass is 329 g/mol. The third kappa shape index (κ3) is 3.93. The molecule has 0 aromatic rings. The van der Waals surface area contributed by atoms with Gasteiger partial charge in [-0.3, -0.25) is 9.59 Å². The first-order chi connectivity index (χ1) is 10.1. The molecule has 0 radical (unpaired) electrons. The molecule has 22 heavy (non-hydrogen) atoms. The molecular weight excluding hydrogens is 302 g/mol. The Morgan fingerprint density at radius 2 is 1.59 bits per heavy atom. The van der Waals surface area contributed by atoms with Gasteiger partial charge in [-0.05, 0) is 38.5 Å². The fraction of sp³-hybridized carbons (Fsp3) is 0.875. The summed E-state index contributed by atoms with van der Waals surface area (Å²) >= 11 is 0. The normalized spacial score (nSPS) is 25.2. The van der Waals surface area contributed by atoms with Gasteiger partial charge in [0.25, 0.3) is 0 Å². The Morgan fingerprint density at radius 1 is 1.00 bits per heavy atom. The molecule has 2 saturated carbocycles. The molecule has 3 rings (SSSR count). The maximum atomic E-state index is 12.4. The van der Waals surface area contributed by atoms with Crippen molar-refractivity contribution in [3.63, 3.8) is 0 Å². The largest absolute Gasteiger partial charge is 0.352 e. The highest BCUT2D eigenvalue weighted by atomic mass is 35.5. The summed E-state index contributed by atoms with van der Waals surface area (Å²) in [6, 6.07) is 0.183. The molecule has 126 valence electrons. The SMILES string of the molecule is Cl.NC1(C(=O)NC2CCN(C(=O)C3CC3)CC2)CCCCC1. The van der Waals surface area contributed by atoms with E-state index >= 15 is 0 Å². The van der Waals surface area contributed by atoms with E-state index in [9.17, 15) is 9.59 Å². The summed E-state index contributed by atoms with van der Waals surface area (Å²) in [4.78, 5) is 26.4. The average Bonchev–Trinajstić information content (AvgIpc) is 3.33. The maximum Gasteiger partial charge on any atom is 0.240 e. The van der Waals surface area contributed by atoms with Crippen molar-refractivity contribution in [3.8, 4) is 0 Å². The van der Waals surface area contributed by atoms with Crippen molar-refractivity contribution in [1.29, 1.82) is 0 Å². The molecule has 0 aromatic carbocycles. The Labute approximate surface area is 138 Å². The van der Waals surface area contributed by atoms with Crippen LogP contribution in [0.25, 0.3) is 0 Å². The Bertz CT molecular complexity index is 412. The summed E-state index contributed by atoms with van der Waals surface area (Å²) in [5.41, 5.74) is 5.61. The van der Waals surface area contributed by atoms with Crippen LogP contribution in [-0.4, -0.2) is 41.4 Å². The lowest BCUT2D eigenvalue weighted by molar-refractivity contribution is -0.134. The van der Waals surface area contributed by atoms with E-state index in [4.69, 9.17) is 5.73 Å². The number of likely N-dealkylation sites (tertiary alicyclic amines) is 1. The second-order valence-electron chi connectivity index (χ2n) is 7.06. The number of nitrogens with one attached hydrogen (secondary N) is 1. The number of hydrogen-bond donors (Lipinski definition) is 2. The molecule has 1 aliphatic heterocycles. The molecule has 3 aliphatic rings. The van der Waals surface area contributed by atoms with Gasteiger partial charge in [-0.1, -0.05) is 19.3 Å². The molecule has 6 heteroatoms. The van der Waals surface area contributed by atoms with Gasteiger partial charge < -0.3 is 16.0 Å². The Balaban J connectivity index is 0.00000176. The lowest BCUT2D eigenvalue weighted by atomic mass is 9.81. The van der Waals surface area contributed by atoms with Crippen LogP contribution in [0.1, 0.15) is 57.8 Å². The molecule has 3 fully saturated rings. The fourth-order valence-electron chi connectivity index (χ4n) is 3.57. The lowest BCUT2D eigenvalue weighted by Crippen LogP contribution is -2.58. The van der Waals surface area contributed by atoms with Crippen LogP contribution in [0.3, 0.4) is 0 Å². The molecule has 2 amide bonds. The molecule has 0 bridgehead atoms. The van der Waals surface area contributed by atoms with Gasteiger partial charge in [0.2, 0.25) is 11.8 Å². The highest BCUT2D eigenvalue weighted by Gasteiger charge is 2.38. The predicted octanol–water partition coefficient (Wildman–Crippen LogP) is 1.59. The number of halogens is 1. The van der Waals surface area contributed by atoms with E-state index in [1.54, 1.807) is 0 Å². The van der Waals surface area contributed by atoms with E-state index in [1.165, 1.54) is 6.42 Å². The van der Waals surface area contributed by atoms with Crippen LogP contribution < -0.4 is 11.1 Å². The zero-order valence-electron chi connectivity index (χ0n) is 13.2. The number of amides is 2. The van der Waals surface area contributed by atoms with E-state index in [0.29, 0.717) is 11.8 Å². The predicted molar refractivity (Wildman–Crippen MR) is 87.7 cm³/mol. The molecule has 5 nitrogen and oxygen atoms in total. The highest BCUT2D eigenvalue weighted by molar-refractivity contribution is 5.86. The van der Waals surface area contributed by atoms with Gasteiger partial charge in [-0.2, -0.15) is 0 Å². The first-order valence-corrected chi connectivity index (χ1v) is 8.47. The maximum absolute atomic E-state index is 12.4.